The van der Waals surface area contributed by atoms with Crippen LogP contribution in [-0.4, -0.2) is 66.9 Å². The summed E-state index contributed by atoms with van der Waals surface area (Å²) >= 11 is 0. The van der Waals surface area contributed by atoms with Crippen LogP contribution in [0.1, 0.15) is 39.5 Å². The SMILES string of the molecule is CCCCCC#CC(CS(=O)(=O)N1CCN(c2ccc(F)cc2)C[C@H]1C)N(O)C=O. The Labute approximate surface area is 178 Å². The molecule has 0 aliphatic carbocycles. The number of hydrogen-bond acceptors (Lipinski definition) is 5. The fraction of sp³-hybridized carbons (Fsp3) is 0.571. The van der Waals surface area contributed by atoms with Crippen LogP contribution in [0.3, 0.4) is 0 Å². The Morgan fingerprint density at radius 3 is 2.60 bits per heavy atom. The first-order chi connectivity index (χ1) is 14.3. The van der Waals surface area contributed by atoms with Crippen LogP contribution in [0, 0.1) is 17.7 Å². The molecule has 1 saturated heterocycles. The molecule has 1 unspecified atom stereocenters. The number of carbonyl (C=O) groups excluding carboxylic acids is 1. The van der Waals surface area contributed by atoms with Gasteiger partial charge in [-0.2, -0.15) is 4.31 Å². The molecule has 0 aromatic heterocycles. The van der Waals surface area contributed by atoms with Crippen LogP contribution < -0.4 is 4.90 Å². The van der Waals surface area contributed by atoms with E-state index in [1.54, 1.807) is 19.1 Å². The lowest BCUT2D eigenvalue weighted by Gasteiger charge is -2.40. The van der Waals surface area contributed by atoms with Gasteiger partial charge in [0.25, 0.3) is 0 Å². The maximum Gasteiger partial charge on any atom is 0.234 e. The van der Waals surface area contributed by atoms with Gasteiger partial charge in [-0.15, -0.1) is 5.92 Å². The molecular weight excluding hydrogens is 409 g/mol. The van der Waals surface area contributed by atoms with Gasteiger partial charge in [0.05, 0.1) is 5.75 Å². The second-order valence-corrected chi connectivity index (χ2v) is 9.41. The van der Waals surface area contributed by atoms with Gasteiger partial charge in [0.1, 0.15) is 11.9 Å². The third kappa shape index (κ3) is 6.69. The lowest BCUT2D eigenvalue weighted by molar-refractivity contribution is -0.153. The highest BCUT2D eigenvalue weighted by atomic mass is 32.2. The van der Waals surface area contributed by atoms with Gasteiger partial charge in [-0.05, 0) is 37.6 Å². The van der Waals surface area contributed by atoms with Gasteiger partial charge in [0.15, 0.2) is 0 Å². The van der Waals surface area contributed by atoms with E-state index in [-0.39, 0.29) is 24.8 Å². The van der Waals surface area contributed by atoms with Crippen molar-refractivity contribution in [1.82, 2.24) is 9.37 Å². The first kappa shape index (κ1) is 24.1. The van der Waals surface area contributed by atoms with Crippen molar-refractivity contribution in [2.24, 2.45) is 0 Å². The molecule has 1 aliphatic heterocycles. The van der Waals surface area contributed by atoms with Crippen molar-refractivity contribution < 1.29 is 22.8 Å². The molecule has 0 saturated carbocycles. The molecule has 0 bridgehead atoms. The minimum Gasteiger partial charge on any atom is -0.369 e. The molecular formula is C21H30FN3O4S. The quantitative estimate of drug-likeness (QED) is 0.210. The maximum absolute atomic E-state index is 13.1. The van der Waals surface area contributed by atoms with Crippen molar-refractivity contribution >= 4 is 22.1 Å². The summed E-state index contributed by atoms with van der Waals surface area (Å²) in [6.45, 7) is 5.04. The summed E-state index contributed by atoms with van der Waals surface area (Å²) in [4.78, 5) is 13.0. The number of rotatable bonds is 9. The first-order valence-corrected chi connectivity index (χ1v) is 11.8. The minimum atomic E-state index is -3.76. The van der Waals surface area contributed by atoms with E-state index in [9.17, 15) is 22.8 Å². The third-order valence-electron chi connectivity index (χ3n) is 5.09. The van der Waals surface area contributed by atoms with E-state index in [0.29, 0.717) is 24.6 Å². The zero-order valence-electron chi connectivity index (χ0n) is 17.5. The first-order valence-electron chi connectivity index (χ1n) is 10.2. The zero-order valence-corrected chi connectivity index (χ0v) is 18.3. The Morgan fingerprint density at radius 2 is 2.00 bits per heavy atom. The van der Waals surface area contributed by atoms with Crippen LogP contribution in [0.25, 0.3) is 0 Å². The predicted molar refractivity (Wildman–Crippen MR) is 114 cm³/mol. The fourth-order valence-electron chi connectivity index (χ4n) is 3.45. The molecule has 1 aliphatic rings. The highest BCUT2D eigenvalue weighted by molar-refractivity contribution is 7.89. The molecule has 1 heterocycles. The molecule has 9 heteroatoms. The van der Waals surface area contributed by atoms with E-state index >= 15 is 0 Å². The van der Waals surface area contributed by atoms with Crippen LogP contribution in [0.15, 0.2) is 24.3 Å². The van der Waals surface area contributed by atoms with Gasteiger partial charge >= 0.3 is 0 Å². The molecule has 1 N–H and O–H groups in total. The number of hydrogen-bond donors (Lipinski definition) is 1. The third-order valence-corrected chi connectivity index (χ3v) is 7.08. The Hall–Kier alpha value is -2.15. The lowest BCUT2D eigenvalue weighted by Crippen LogP contribution is -2.55. The van der Waals surface area contributed by atoms with Gasteiger partial charge in [-0.25, -0.2) is 17.9 Å². The number of hydroxylamine groups is 2. The Kier molecular flexibility index (Phi) is 9.08. The van der Waals surface area contributed by atoms with E-state index in [0.717, 1.165) is 24.9 Å². The molecule has 2 rings (SSSR count). The average molecular weight is 440 g/mol. The van der Waals surface area contributed by atoms with Crippen LogP contribution in [0.4, 0.5) is 10.1 Å². The molecule has 1 aromatic rings. The van der Waals surface area contributed by atoms with Crippen molar-refractivity contribution in [3.63, 3.8) is 0 Å². The molecule has 0 radical (unpaired) electrons. The number of halogens is 1. The Morgan fingerprint density at radius 1 is 1.30 bits per heavy atom. The average Bonchev–Trinajstić information content (AvgIpc) is 2.72. The molecule has 7 nitrogen and oxygen atoms in total. The van der Waals surface area contributed by atoms with Crippen LogP contribution in [0.2, 0.25) is 0 Å². The molecule has 2 atom stereocenters. The zero-order chi connectivity index (χ0) is 22.1. The molecule has 166 valence electrons. The van der Waals surface area contributed by atoms with Crippen LogP contribution in [0.5, 0.6) is 0 Å². The van der Waals surface area contributed by atoms with E-state index < -0.39 is 21.8 Å². The summed E-state index contributed by atoms with van der Waals surface area (Å²) in [5.74, 6) is 4.81. The van der Waals surface area contributed by atoms with Gasteiger partial charge in [-0.1, -0.05) is 25.7 Å². The van der Waals surface area contributed by atoms with E-state index in [2.05, 4.69) is 18.8 Å². The van der Waals surface area contributed by atoms with Gasteiger partial charge in [0, 0.05) is 37.8 Å². The Bertz CT molecular complexity index is 851. The summed E-state index contributed by atoms with van der Waals surface area (Å²) in [6, 6.07) is 4.66. The summed E-state index contributed by atoms with van der Waals surface area (Å²) in [6.07, 6.45) is 3.71. The molecule has 30 heavy (non-hydrogen) atoms. The highest BCUT2D eigenvalue weighted by Crippen LogP contribution is 2.22. The number of anilines is 1. The number of unbranched alkanes of at least 4 members (excludes halogenated alkanes) is 3. The topological polar surface area (TPSA) is 81.2 Å². The normalized spacial score (nSPS) is 18.4. The number of carbonyl (C=O) groups is 1. The second-order valence-electron chi connectivity index (χ2n) is 7.44. The minimum absolute atomic E-state index is 0.177. The summed E-state index contributed by atoms with van der Waals surface area (Å²) in [5, 5.41) is 10.1. The summed E-state index contributed by atoms with van der Waals surface area (Å²) < 4.78 is 40.5. The molecule has 1 aromatic carbocycles. The van der Waals surface area contributed by atoms with Crippen molar-refractivity contribution in [3.8, 4) is 11.8 Å². The van der Waals surface area contributed by atoms with Crippen molar-refractivity contribution in [2.45, 2.75) is 51.6 Å². The van der Waals surface area contributed by atoms with E-state index in [1.165, 1.54) is 16.4 Å². The second kappa shape index (κ2) is 11.3. The molecule has 1 amide bonds. The van der Waals surface area contributed by atoms with Gasteiger partial charge < -0.3 is 4.90 Å². The molecule has 0 spiro atoms. The Balaban J connectivity index is 2.05. The van der Waals surface area contributed by atoms with E-state index in [1.807, 2.05) is 4.90 Å². The maximum atomic E-state index is 13.1. The van der Waals surface area contributed by atoms with E-state index in [4.69, 9.17) is 0 Å². The largest absolute Gasteiger partial charge is 0.369 e. The number of piperazine rings is 1. The van der Waals surface area contributed by atoms with Gasteiger partial charge in [0.2, 0.25) is 16.4 Å². The smallest absolute Gasteiger partial charge is 0.234 e. The number of sulfonamides is 1. The summed E-state index contributed by atoms with van der Waals surface area (Å²) in [5.41, 5.74) is 0.832. The fourth-order valence-corrected chi connectivity index (χ4v) is 5.25. The number of benzene rings is 1. The van der Waals surface area contributed by atoms with Crippen LogP contribution in [-0.2, 0) is 14.8 Å². The summed E-state index contributed by atoms with van der Waals surface area (Å²) in [7, 11) is -3.76. The molecule has 1 fully saturated rings. The van der Waals surface area contributed by atoms with Crippen molar-refractivity contribution in [2.75, 3.05) is 30.3 Å². The lowest BCUT2D eigenvalue weighted by atomic mass is 10.2. The van der Waals surface area contributed by atoms with Crippen LogP contribution >= 0.6 is 0 Å². The van der Waals surface area contributed by atoms with Crippen molar-refractivity contribution in [3.05, 3.63) is 30.1 Å². The van der Waals surface area contributed by atoms with Crippen molar-refractivity contribution in [1.29, 1.82) is 0 Å². The number of nitrogens with zero attached hydrogens (tertiary/aromatic N) is 3. The van der Waals surface area contributed by atoms with Gasteiger partial charge in [-0.3, -0.25) is 10.0 Å². The predicted octanol–water partition coefficient (Wildman–Crippen LogP) is 2.47. The number of amides is 1. The standard InChI is InChI=1S/C21H30FN3O4S/c1-3-4-5-6-7-8-21(24(27)17-26)16-30(28,29)25-14-13-23(15-18(25)2)20-11-9-19(22)10-12-20/h9-12,17-18,21,27H,3-6,13-16H2,1-2H3/t18-,21?/m1/s1. The monoisotopic (exact) mass is 439 g/mol. The highest BCUT2D eigenvalue weighted by Gasteiger charge is 2.35.